The van der Waals surface area contributed by atoms with E-state index in [0.717, 1.165) is 11.4 Å². The number of phenols is 1. The fraction of sp³-hybridized carbons (Fsp3) is 0.300. The molecule has 0 spiro atoms. The van der Waals surface area contributed by atoms with Crippen LogP contribution in [0.15, 0.2) is 53.3 Å². The van der Waals surface area contributed by atoms with Gasteiger partial charge in [-0.1, -0.05) is 6.07 Å². The molecule has 0 amide bonds. The summed E-state index contributed by atoms with van der Waals surface area (Å²) in [6, 6.07) is 5.10. The van der Waals surface area contributed by atoms with Crippen molar-refractivity contribution in [1.29, 1.82) is 0 Å². The molecule has 1 aromatic carbocycles. The Labute approximate surface area is 152 Å². The lowest BCUT2D eigenvalue weighted by Gasteiger charge is -2.31. The SMILES string of the molecule is CN(C)C1=CC(=[OH+])C(=C2C(=[OH+])C(c3ccc(N(C)C)cc3O)C2O)C=C1. The molecule has 2 aliphatic rings. The Balaban J connectivity index is 1.91. The average Bonchev–Trinajstić information content (AvgIpc) is 2.58. The molecule has 1 aromatic rings. The summed E-state index contributed by atoms with van der Waals surface area (Å²) in [6.07, 6.45) is 4.05. The van der Waals surface area contributed by atoms with Crippen molar-refractivity contribution in [2.45, 2.75) is 12.0 Å². The smallest absolute Gasteiger partial charge is 0.349 e. The number of allylic oxidation sites excluding steroid dienone is 4. The van der Waals surface area contributed by atoms with Crippen molar-refractivity contribution in [3.05, 3.63) is 58.8 Å². The number of aliphatic hydroxyl groups excluding tert-OH is 1. The number of rotatable bonds is 3. The molecule has 2 unspecified atom stereocenters. The summed E-state index contributed by atoms with van der Waals surface area (Å²) in [6.45, 7) is 0. The van der Waals surface area contributed by atoms with E-state index in [2.05, 4.69) is 0 Å². The number of aromatic hydroxyl groups is 1. The third kappa shape index (κ3) is 2.82. The van der Waals surface area contributed by atoms with E-state index in [1.807, 2.05) is 44.1 Å². The lowest BCUT2D eigenvalue weighted by Crippen LogP contribution is -2.45. The van der Waals surface area contributed by atoms with Crippen LogP contribution in [0, 0.1) is 0 Å². The van der Waals surface area contributed by atoms with Crippen LogP contribution < -0.4 is 4.90 Å². The first kappa shape index (κ1) is 17.9. The van der Waals surface area contributed by atoms with E-state index in [4.69, 9.17) is 0 Å². The number of hydrogen-bond acceptors (Lipinski definition) is 4. The minimum atomic E-state index is -1.01. The maximum Gasteiger partial charge on any atom is 0.349 e. The quantitative estimate of drug-likeness (QED) is 0.631. The molecule has 0 heterocycles. The minimum Gasteiger partial charge on any atom is -0.508 e. The maximum absolute atomic E-state index is 10.6. The van der Waals surface area contributed by atoms with Crippen molar-refractivity contribution >= 4 is 17.3 Å². The van der Waals surface area contributed by atoms with Crippen molar-refractivity contribution in [2.75, 3.05) is 33.1 Å². The highest BCUT2D eigenvalue weighted by Gasteiger charge is 2.54. The first-order valence-electron chi connectivity index (χ1n) is 8.34. The van der Waals surface area contributed by atoms with Gasteiger partial charge in [0.25, 0.3) is 0 Å². The van der Waals surface area contributed by atoms with Gasteiger partial charge in [0.05, 0.1) is 17.2 Å². The van der Waals surface area contributed by atoms with Crippen molar-refractivity contribution in [1.82, 2.24) is 4.90 Å². The number of hydrogen-bond donors (Lipinski definition) is 2. The second kappa shape index (κ2) is 6.46. The Morgan fingerprint density at radius 3 is 2.19 bits per heavy atom. The van der Waals surface area contributed by atoms with Crippen LogP contribution in [0.2, 0.25) is 0 Å². The van der Waals surface area contributed by atoms with Crippen LogP contribution in [0.25, 0.3) is 0 Å². The summed E-state index contributed by atoms with van der Waals surface area (Å²) in [4.78, 5) is 24.5. The molecule has 136 valence electrons. The Hall–Kier alpha value is -2.86. The number of nitrogens with zero attached hydrogens (tertiary/aromatic N) is 2. The summed E-state index contributed by atoms with van der Waals surface area (Å²) < 4.78 is 0. The zero-order chi connectivity index (χ0) is 19.2. The number of carbonyl (C=O) groups excluding carboxylic acids is 2. The lowest BCUT2D eigenvalue weighted by atomic mass is 9.68. The Bertz CT molecular complexity index is 878. The topological polar surface area (TPSA) is 89.7 Å². The van der Waals surface area contributed by atoms with Gasteiger partial charge in [-0.3, -0.25) is 9.59 Å². The molecule has 3 rings (SSSR count). The summed E-state index contributed by atoms with van der Waals surface area (Å²) in [5.41, 5.74) is 2.76. The van der Waals surface area contributed by atoms with Crippen LogP contribution in [0.5, 0.6) is 5.75 Å². The van der Waals surface area contributed by atoms with Crippen molar-refractivity contribution < 1.29 is 19.8 Å². The normalized spacial score (nSPS) is 25.0. The molecule has 26 heavy (non-hydrogen) atoms. The van der Waals surface area contributed by atoms with E-state index in [-0.39, 0.29) is 22.9 Å². The highest BCUT2D eigenvalue weighted by Crippen LogP contribution is 2.44. The van der Waals surface area contributed by atoms with Crippen molar-refractivity contribution in [3.63, 3.8) is 0 Å². The van der Waals surface area contributed by atoms with Gasteiger partial charge < -0.3 is 20.0 Å². The number of aliphatic hydroxyl groups is 1. The molecular weight excluding hydrogens is 332 g/mol. The molecule has 1 fully saturated rings. The predicted molar refractivity (Wildman–Crippen MR) is 103 cm³/mol. The van der Waals surface area contributed by atoms with Crippen LogP contribution in [0.1, 0.15) is 11.5 Å². The Morgan fingerprint density at radius 1 is 1.00 bits per heavy atom. The van der Waals surface area contributed by atoms with Gasteiger partial charge in [0.1, 0.15) is 17.8 Å². The first-order chi connectivity index (χ1) is 12.2. The van der Waals surface area contributed by atoms with Gasteiger partial charge in [-0.25, -0.2) is 0 Å². The highest BCUT2D eigenvalue weighted by atomic mass is 16.3. The summed E-state index contributed by atoms with van der Waals surface area (Å²) in [7, 11) is 7.45. The van der Waals surface area contributed by atoms with E-state index in [9.17, 15) is 19.8 Å². The molecule has 6 heteroatoms. The molecule has 6 nitrogen and oxygen atoms in total. The van der Waals surface area contributed by atoms with Crippen LogP contribution in [-0.4, -0.2) is 70.6 Å². The number of likely N-dealkylation sites (N-methyl/N-ethyl adjacent to an activating group) is 1. The number of anilines is 1. The molecule has 0 aromatic heterocycles. The summed E-state index contributed by atoms with van der Waals surface area (Å²) in [5.74, 6) is -0.757. The van der Waals surface area contributed by atoms with E-state index >= 15 is 0 Å². The number of benzene rings is 1. The number of ketones is 2. The van der Waals surface area contributed by atoms with Crippen LogP contribution in [0.4, 0.5) is 5.69 Å². The zero-order valence-corrected chi connectivity index (χ0v) is 15.3. The molecule has 0 radical (unpaired) electrons. The molecule has 0 bridgehead atoms. The van der Waals surface area contributed by atoms with E-state index in [0.29, 0.717) is 11.1 Å². The van der Waals surface area contributed by atoms with E-state index in [1.165, 1.54) is 0 Å². The fourth-order valence-electron chi connectivity index (χ4n) is 3.25. The van der Waals surface area contributed by atoms with E-state index in [1.54, 1.807) is 30.4 Å². The monoisotopic (exact) mass is 356 g/mol. The molecule has 2 atom stereocenters. The average molecular weight is 356 g/mol. The second-order valence-electron chi connectivity index (χ2n) is 6.95. The van der Waals surface area contributed by atoms with Gasteiger partial charge in [0.2, 0.25) is 0 Å². The van der Waals surface area contributed by atoms with Gasteiger partial charge in [-0.2, -0.15) is 0 Å². The first-order valence-corrected chi connectivity index (χ1v) is 8.34. The van der Waals surface area contributed by atoms with Crippen LogP contribution in [0.3, 0.4) is 0 Å². The maximum atomic E-state index is 10.6. The second-order valence-corrected chi connectivity index (χ2v) is 6.95. The summed E-state index contributed by atoms with van der Waals surface area (Å²) in [5, 5.41) is 20.9. The minimum absolute atomic E-state index is 0.0116. The molecule has 1 saturated carbocycles. The molecule has 2 aliphatic carbocycles. The zero-order valence-electron chi connectivity index (χ0n) is 15.3. The van der Waals surface area contributed by atoms with Gasteiger partial charge in [0, 0.05) is 51.2 Å². The van der Waals surface area contributed by atoms with Gasteiger partial charge in [0.15, 0.2) is 0 Å². The molecule has 4 N–H and O–H groups in total. The predicted octanol–water partition coefficient (Wildman–Crippen LogP) is 1.32. The summed E-state index contributed by atoms with van der Waals surface area (Å²) >= 11 is 0. The largest absolute Gasteiger partial charge is 0.508 e. The Morgan fingerprint density at radius 2 is 1.69 bits per heavy atom. The van der Waals surface area contributed by atoms with Crippen LogP contribution in [-0.2, 0) is 0 Å². The highest BCUT2D eigenvalue weighted by molar-refractivity contribution is 6.20. The van der Waals surface area contributed by atoms with E-state index < -0.39 is 12.0 Å². The molecular formula is C20H24N2O4+2. The standard InChI is InChI=1S/C20H22N2O4/c1-21(2)11-5-7-13(15(23)9-11)17-19(25)18(20(17)26)14-8-6-12(22(3)4)10-16(14)24/h5-10,17,19,23,25H,1-4H3/p+2. The Kier molecular flexibility index (Phi) is 4.46. The third-order valence-corrected chi connectivity index (χ3v) is 4.84. The fourth-order valence-corrected chi connectivity index (χ4v) is 3.25. The molecule has 0 saturated heterocycles. The van der Waals surface area contributed by atoms with Crippen LogP contribution >= 0.6 is 0 Å². The number of phenolic OH excluding ortho intramolecular Hbond substituents is 1. The van der Waals surface area contributed by atoms with Gasteiger partial charge in [-0.05, 0) is 18.2 Å². The van der Waals surface area contributed by atoms with Crippen molar-refractivity contribution in [3.8, 4) is 5.75 Å². The van der Waals surface area contributed by atoms with Crippen molar-refractivity contribution in [2.24, 2.45) is 0 Å². The van der Waals surface area contributed by atoms with Gasteiger partial charge in [-0.15, -0.1) is 0 Å². The third-order valence-electron chi connectivity index (χ3n) is 4.84. The van der Waals surface area contributed by atoms with Gasteiger partial charge >= 0.3 is 11.6 Å². The lowest BCUT2D eigenvalue weighted by molar-refractivity contribution is 0.178. The molecule has 0 aliphatic heterocycles.